The van der Waals surface area contributed by atoms with Crippen LogP contribution in [0.4, 0.5) is 5.69 Å². The number of nitrogens with one attached hydrogen (secondary N) is 2. The summed E-state index contributed by atoms with van der Waals surface area (Å²) in [5.74, 6) is 0.207. The van der Waals surface area contributed by atoms with E-state index in [1.54, 1.807) is 0 Å². The maximum absolute atomic E-state index is 11.8. The van der Waals surface area contributed by atoms with Gasteiger partial charge in [-0.25, -0.2) is 0 Å². The van der Waals surface area contributed by atoms with Crippen molar-refractivity contribution in [1.82, 2.24) is 5.32 Å². The van der Waals surface area contributed by atoms with E-state index >= 15 is 0 Å². The number of nitrogens with two attached hydrogens (primary N) is 1. The summed E-state index contributed by atoms with van der Waals surface area (Å²) in [4.78, 5) is 23.6. The molecule has 0 aromatic heterocycles. The van der Waals surface area contributed by atoms with Crippen molar-refractivity contribution in [2.75, 3.05) is 11.9 Å². The molecule has 0 heterocycles. The van der Waals surface area contributed by atoms with Crippen molar-refractivity contribution in [2.24, 2.45) is 17.6 Å². The molecular weight excluding hydrogens is 266 g/mol. The van der Waals surface area contributed by atoms with Crippen LogP contribution in [0.5, 0.6) is 0 Å². The lowest BCUT2D eigenvalue weighted by Crippen LogP contribution is -2.30. The van der Waals surface area contributed by atoms with Gasteiger partial charge in [0.25, 0.3) is 0 Å². The van der Waals surface area contributed by atoms with Gasteiger partial charge in [0.05, 0.1) is 0 Å². The first-order valence-electron chi connectivity index (χ1n) is 7.47. The minimum absolute atomic E-state index is 0.00729. The summed E-state index contributed by atoms with van der Waals surface area (Å²) in [6.07, 6.45) is 2.66. The SMILES string of the molecule is CC(CCN)C(=O)NCc1cccc(NC(=O)C2CC2)c1. The van der Waals surface area contributed by atoms with Crippen molar-refractivity contribution in [3.05, 3.63) is 29.8 Å². The molecule has 4 N–H and O–H groups in total. The highest BCUT2D eigenvalue weighted by atomic mass is 16.2. The highest BCUT2D eigenvalue weighted by molar-refractivity contribution is 5.94. The monoisotopic (exact) mass is 289 g/mol. The van der Waals surface area contributed by atoms with Crippen LogP contribution in [0, 0.1) is 11.8 Å². The molecule has 0 radical (unpaired) electrons. The van der Waals surface area contributed by atoms with Gasteiger partial charge in [-0.1, -0.05) is 19.1 Å². The molecule has 0 aliphatic heterocycles. The topological polar surface area (TPSA) is 84.2 Å². The maximum Gasteiger partial charge on any atom is 0.227 e. The number of hydrogen-bond acceptors (Lipinski definition) is 3. The molecule has 21 heavy (non-hydrogen) atoms. The second-order valence-corrected chi connectivity index (χ2v) is 5.66. The largest absolute Gasteiger partial charge is 0.352 e. The number of anilines is 1. The Balaban J connectivity index is 1.85. The summed E-state index contributed by atoms with van der Waals surface area (Å²) in [6.45, 7) is 2.84. The van der Waals surface area contributed by atoms with E-state index in [2.05, 4.69) is 10.6 Å². The Morgan fingerprint density at radius 3 is 2.81 bits per heavy atom. The summed E-state index contributed by atoms with van der Waals surface area (Å²) < 4.78 is 0. The molecule has 114 valence electrons. The number of rotatable bonds is 7. The van der Waals surface area contributed by atoms with Gasteiger partial charge in [-0.15, -0.1) is 0 Å². The summed E-state index contributed by atoms with van der Waals surface area (Å²) >= 11 is 0. The molecule has 1 fully saturated rings. The molecule has 1 aliphatic carbocycles. The lowest BCUT2D eigenvalue weighted by molar-refractivity contribution is -0.124. The van der Waals surface area contributed by atoms with Crippen LogP contribution in [0.1, 0.15) is 31.7 Å². The predicted octanol–water partition coefficient (Wildman–Crippen LogP) is 1.64. The van der Waals surface area contributed by atoms with Gasteiger partial charge >= 0.3 is 0 Å². The Morgan fingerprint density at radius 2 is 2.14 bits per heavy atom. The van der Waals surface area contributed by atoms with Gasteiger partial charge in [-0.2, -0.15) is 0 Å². The maximum atomic E-state index is 11.8. The molecule has 2 rings (SSSR count). The predicted molar refractivity (Wildman–Crippen MR) is 82.5 cm³/mol. The minimum Gasteiger partial charge on any atom is -0.352 e. The Morgan fingerprint density at radius 1 is 1.38 bits per heavy atom. The van der Waals surface area contributed by atoms with Gasteiger partial charge in [0.1, 0.15) is 0 Å². The van der Waals surface area contributed by atoms with Crippen LogP contribution in [-0.2, 0) is 16.1 Å². The third kappa shape index (κ3) is 4.86. The van der Waals surface area contributed by atoms with E-state index in [9.17, 15) is 9.59 Å². The Kier molecular flexibility index (Phi) is 5.33. The zero-order valence-electron chi connectivity index (χ0n) is 12.4. The van der Waals surface area contributed by atoms with Crippen molar-refractivity contribution in [2.45, 2.75) is 32.7 Å². The van der Waals surface area contributed by atoms with E-state index in [1.165, 1.54) is 0 Å². The average Bonchev–Trinajstić information content (AvgIpc) is 3.30. The number of benzene rings is 1. The zero-order chi connectivity index (χ0) is 15.2. The van der Waals surface area contributed by atoms with Gasteiger partial charge in [-0.05, 0) is 43.5 Å². The summed E-state index contributed by atoms with van der Waals surface area (Å²) in [7, 11) is 0. The molecule has 0 bridgehead atoms. The number of hydrogen-bond donors (Lipinski definition) is 3. The van der Waals surface area contributed by atoms with Gasteiger partial charge in [0.2, 0.25) is 11.8 Å². The fraction of sp³-hybridized carbons (Fsp3) is 0.500. The zero-order valence-corrected chi connectivity index (χ0v) is 12.4. The second kappa shape index (κ2) is 7.22. The highest BCUT2D eigenvalue weighted by Gasteiger charge is 2.29. The summed E-state index contributed by atoms with van der Waals surface area (Å²) in [5.41, 5.74) is 7.21. The lowest BCUT2D eigenvalue weighted by atomic mass is 10.1. The number of carbonyl (C=O) groups excluding carboxylic acids is 2. The fourth-order valence-corrected chi connectivity index (χ4v) is 2.09. The Hall–Kier alpha value is -1.88. The van der Waals surface area contributed by atoms with Crippen LogP contribution < -0.4 is 16.4 Å². The van der Waals surface area contributed by atoms with Crippen molar-refractivity contribution in [3.63, 3.8) is 0 Å². The average molecular weight is 289 g/mol. The van der Waals surface area contributed by atoms with E-state index in [4.69, 9.17) is 5.73 Å². The quantitative estimate of drug-likeness (QED) is 0.713. The van der Waals surface area contributed by atoms with Crippen molar-refractivity contribution < 1.29 is 9.59 Å². The van der Waals surface area contributed by atoms with Gasteiger partial charge < -0.3 is 16.4 Å². The summed E-state index contributed by atoms with van der Waals surface area (Å²) in [6, 6.07) is 7.57. The molecule has 5 heteroatoms. The lowest BCUT2D eigenvalue weighted by Gasteiger charge is -2.12. The van der Waals surface area contributed by atoms with Crippen LogP contribution in [-0.4, -0.2) is 18.4 Å². The second-order valence-electron chi connectivity index (χ2n) is 5.66. The molecule has 1 aromatic rings. The number of carbonyl (C=O) groups is 2. The van der Waals surface area contributed by atoms with Crippen LogP contribution >= 0.6 is 0 Å². The standard InChI is InChI=1S/C16H23N3O2/c1-11(7-8-17)15(20)18-10-12-3-2-4-14(9-12)19-16(21)13-5-6-13/h2-4,9,11,13H,5-8,10,17H2,1H3,(H,18,20)(H,19,21). The normalized spacial score (nSPS) is 15.3. The van der Waals surface area contributed by atoms with Crippen molar-refractivity contribution in [3.8, 4) is 0 Å². The summed E-state index contributed by atoms with van der Waals surface area (Å²) in [5, 5.41) is 5.80. The van der Waals surface area contributed by atoms with Gasteiger partial charge in [0, 0.05) is 24.1 Å². The number of amides is 2. The Labute approximate surface area is 125 Å². The molecule has 0 saturated heterocycles. The third-order valence-electron chi connectivity index (χ3n) is 3.66. The van der Waals surface area contributed by atoms with E-state index in [0.717, 1.165) is 24.1 Å². The molecule has 1 aliphatic rings. The molecule has 5 nitrogen and oxygen atoms in total. The molecule has 2 amide bonds. The molecule has 0 spiro atoms. The van der Waals surface area contributed by atoms with E-state index < -0.39 is 0 Å². The fourth-order valence-electron chi connectivity index (χ4n) is 2.09. The highest BCUT2D eigenvalue weighted by Crippen LogP contribution is 2.30. The van der Waals surface area contributed by atoms with Gasteiger partial charge in [-0.3, -0.25) is 9.59 Å². The van der Waals surface area contributed by atoms with Crippen molar-refractivity contribution >= 4 is 17.5 Å². The van der Waals surface area contributed by atoms with Crippen LogP contribution in [0.15, 0.2) is 24.3 Å². The Bertz CT molecular complexity index is 512. The van der Waals surface area contributed by atoms with Crippen molar-refractivity contribution in [1.29, 1.82) is 0 Å². The van der Waals surface area contributed by atoms with E-state index in [-0.39, 0.29) is 23.7 Å². The molecule has 1 unspecified atom stereocenters. The van der Waals surface area contributed by atoms with Crippen LogP contribution in [0.2, 0.25) is 0 Å². The van der Waals surface area contributed by atoms with E-state index in [1.807, 2.05) is 31.2 Å². The van der Waals surface area contributed by atoms with E-state index in [0.29, 0.717) is 19.5 Å². The molecular formula is C16H23N3O2. The van der Waals surface area contributed by atoms with Crippen LogP contribution in [0.25, 0.3) is 0 Å². The first kappa shape index (κ1) is 15.5. The first-order valence-corrected chi connectivity index (χ1v) is 7.47. The molecule has 1 atom stereocenters. The minimum atomic E-state index is -0.0762. The smallest absolute Gasteiger partial charge is 0.227 e. The molecule has 1 saturated carbocycles. The van der Waals surface area contributed by atoms with Crippen LogP contribution in [0.3, 0.4) is 0 Å². The van der Waals surface area contributed by atoms with Gasteiger partial charge in [0.15, 0.2) is 0 Å². The third-order valence-corrected chi connectivity index (χ3v) is 3.66. The first-order chi connectivity index (χ1) is 10.1. The molecule has 1 aromatic carbocycles.